The number of thioether (sulfide) groups is 1. The van der Waals surface area contributed by atoms with Gasteiger partial charge in [0.1, 0.15) is 0 Å². The zero-order valence-corrected chi connectivity index (χ0v) is 14.4. The molecule has 1 aromatic carbocycles. The molecule has 7 heteroatoms. The second-order valence-electron chi connectivity index (χ2n) is 5.68. The quantitative estimate of drug-likeness (QED) is 0.471. The predicted molar refractivity (Wildman–Crippen MR) is 91.5 cm³/mol. The summed E-state index contributed by atoms with van der Waals surface area (Å²) in [6.45, 7) is 0.779. The average molecular weight is 362 g/mol. The van der Waals surface area contributed by atoms with Crippen molar-refractivity contribution in [2.45, 2.75) is 37.0 Å². The van der Waals surface area contributed by atoms with Crippen LogP contribution in [0.25, 0.3) is 10.9 Å². The van der Waals surface area contributed by atoms with Crippen molar-refractivity contribution in [2.24, 2.45) is 0 Å². The maximum Gasteiger partial charge on any atom is 0.239 e. The Labute approximate surface area is 143 Å². The molecule has 0 aliphatic rings. The highest BCUT2D eigenvalue weighted by molar-refractivity contribution is 7.98. The number of hydrogen-bond donors (Lipinski definition) is 1. The van der Waals surface area contributed by atoms with Crippen LogP contribution in [0.5, 0.6) is 0 Å². The molecule has 0 bridgehead atoms. The number of nitrogens with zero attached hydrogens (tertiary/aromatic N) is 1. The van der Waals surface area contributed by atoms with Gasteiger partial charge in [-0.2, -0.15) is 0 Å². The molecule has 0 spiro atoms. The molecule has 2 rings (SSSR count). The molecule has 0 atom stereocenters. The SMILES string of the molecule is CSc1ccc2[nH]cc(CCN(CCC(F)F)CCC(F)F)c2c1. The van der Waals surface area contributed by atoms with Gasteiger partial charge in [0.15, 0.2) is 0 Å². The number of aromatic amines is 1. The predicted octanol–water partition coefficient (Wildman–Crippen LogP) is 5.04. The normalized spacial score (nSPS) is 12.2. The van der Waals surface area contributed by atoms with E-state index in [9.17, 15) is 17.6 Å². The highest BCUT2D eigenvalue weighted by Gasteiger charge is 2.13. The van der Waals surface area contributed by atoms with Gasteiger partial charge in [-0.3, -0.25) is 0 Å². The van der Waals surface area contributed by atoms with Crippen LogP contribution in [0.1, 0.15) is 18.4 Å². The first-order valence-electron chi connectivity index (χ1n) is 7.92. The standard InChI is InChI=1S/C17H22F4N2S/c1-24-13-2-3-15-14(10-13)12(11-22-15)4-7-23(8-5-16(18)19)9-6-17(20)21/h2-3,10-11,16-17,22H,4-9H2,1H3. The first kappa shape index (κ1) is 19.1. The van der Waals surface area contributed by atoms with Crippen LogP contribution in [0, 0.1) is 0 Å². The fourth-order valence-electron chi connectivity index (χ4n) is 2.67. The van der Waals surface area contributed by atoms with E-state index in [0.29, 0.717) is 13.0 Å². The Balaban J connectivity index is 2.01. The van der Waals surface area contributed by atoms with Gasteiger partial charge in [-0.05, 0) is 36.4 Å². The minimum atomic E-state index is -2.41. The summed E-state index contributed by atoms with van der Waals surface area (Å²) in [5, 5.41) is 1.10. The van der Waals surface area contributed by atoms with Crippen LogP contribution in [0.4, 0.5) is 17.6 Å². The van der Waals surface area contributed by atoms with Crippen LogP contribution in [0.15, 0.2) is 29.3 Å². The first-order chi connectivity index (χ1) is 11.5. The molecule has 134 valence electrons. The summed E-state index contributed by atoms with van der Waals surface area (Å²) >= 11 is 1.65. The van der Waals surface area contributed by atoms with Gasteiger partial charge in [0.2, 0.25) is 12.9 Å². The van der Waals surface area contributed by atoms with E-state index in [1.165, 1.54) is 0 Å². The first-order valence-corrected chi connectivity index (χ1v) is 9.14. The Morgan fingerprint density at radius 2 is 1.71 bits per heavy atom. The number of benzene rings is 1. The van der Waals surface area contributed by atoms with E-state index in [0.717, 1.165) is 21.4 Å². The molecule has 0 aliphatic carbocycles. The van der Waals surface area contributed by atoms with E-state index in [4.69, 9.17) is 0 Å². The zero-order chi connectivity index (χ0) is 17.5. The molecule has 0 unspecified atom stereocenters. The molecular formula is C17H22F4N2S. The van der Waals surface area contributed by atoms with Gasteiger partial charge in [-0.25, -0.2) is 17.6 Å². The van der Waals surface area contributed by atoms with Crippen LogP contribution < -0.4 is 0 Å². The van der Waals surface area contributed by atoms with Gasteiger partial charge < -0.3 is 9.88 Å². The van der Waals surface area contributed by atoms with Crippen molar-refractivity contribution < 1.29 is 17.6 Å². The molecule has 0 amide bonds. The van der Waals surface area contributed by atoms with Crippen molar-refractivity contribution in [1.29, 1.82) is 0 Å². The van der Waals surface area contributed by atoms with E-state index in [2.05, 4.69) is 11.1 Å². The fourth-order valence-corrected chi connectivity index (χ4v) is 3.11. The second-order valence-corrected chi connectivity index (χ2v) is 6.56. The summed E-state index contributed by atoms with van der Waals surface area (Å²) in [4.78, 5) is 6.05. The number of aromatic nitrogens is 1. The minimum absolute atomic E-state index is 0.142. The van der Waals surface area contributed by atoms with E-state index >= 15 is 0 Å². The Hall–Kier alpha value is -1.21. The van der Waals surface area contributed by atoms with Gasteiger partial charge in [-0.15, -0.1) is 11.8 Å². The van der Waals surface area contributed by atoms with Crippen LogP contribution in [0.3, 0.4) is 0 Å². The van der Waals surface area contributed by atoms with E-state index in [-0.39, 0.29) is 25.9 Å². The summed E-state index contributed by atoms with van der Waals surface area (Å²) < 4.78 is 49.7. The molecule has 0 saturated heterocycles. The second kappa shape index (κ2) is 9.32. The molecule has 0 fully saturated rings. The van der Waals surface area contributed by atoms with Gasteiger partial charge in [0.05, 0.1) is 0 Å². The minimum Gasteiger partial charge on any atom is -0.361 e. The third kappa shape index (κ3) is 5.70. The van der Waals surface area contributed by atoms with E-state index < -0.39 is 12.9 Å². The topological polar surface area (TPSA) is 19.0 Å². The number of H-pyrrole nitrogens is 1. The summed E-state index contributed by atoms with van der Waals surface area (Å²) in [6, 6.07) is 6.13. The number of hydrogen-bond acceptors (Lipinski definition) is 2. The van der Waals surface area contributed by atoms with E-state index in [1.54, 1.807) is 16.7 Å². The summed E-state index contributed by atoms with van der Waals surface area (Å²) in [5.74, 6) is 0. The van der Waals surface area contributed by atoms with Gasteiger partial charge in [0, 0.05) is 54.5 Å². The molecule has 1 N–H and O–H groups in total. The van der Waals surface area contributed by atoms with Crippen molar-refractivity contribution in [2.75, 3.05) is 25.9 Å². The molecule has 0 saturated carbocycles. The molecule has 2 nitrogen and oxygen atoms in total. The lowest BCUT2D eigenvalue weighted by molar-refractivity contribution is 0.0954. The smallest absolute Gasteiger partial charge is 0.239 e. The molecular weight excluding hydrogens is 340 g/mol. The lowest BCUT2D eigenvalue weighted by Crippen LogP contribution is -2.30. The Morgan fingerprint density at radius 3 is 2.29 bits per heavy atom. The summed E-state index contributed by atoms with van der Waals surface area (Å²) in [6.07, 6.45) is -0.823. The van der Waals surface area contributed by atoms with Crippen LogP contribution in [-0.2, 0) is 6.42 Å². The third-order valence-electron chi connectivity index (χ3n) is 4.00. The van der Waals surface area contributed by atoms with Crippen molar-refractivity contribution in [3.63, 3.8) is 0 Å². The number of alkyl halides is 4. The van der Waals surface area contributed by atoms with Crippen molar-refractivity contribution in [3.05, 3.63) is 30.0 Å². The van der Waals surface area contributed by atoms with E-state index in [1.807, 2.05) is 24.6 Å². The Kier molecular flexibility index (Phi) is 7.42. The van der Waals surface area contributed by atoms with Crippen molar-refractivity contribution in [1.82, 2.24) is 9.88 Å². The molecule has 2 aromatic rings. The van der Waals surface area contributed by atoms with Gasteiger partial charge in [0.25, 0.3) is 0 Å². The number of fused-ring (bicyclic) bond motifs is 1. The van der Waals surface area contributed by atoms with Crippen LogP contribution >= 0.6 is 11.8 Å². The molecule has 0 radical (unpaired) electrons. The highest BCUT2D eigenvalue weighted by atomic mass is 32.2. The van der Waals surface area contributed by atoms with Crippen molar-refractivity contribution in [3.8, 4) is 0 Å². The van der Waals surface area contributed by atoms with Gasteiger partial charge >= 0.3 is 0 Å². The molecule has 24 heavy (non-hydrogen) atoms. The zero-order valence-electron chi connectivity index (χ0n) is 13.6. The van der Waals surface area contributed by atoms with Crippen LogP contribution in [0.2, 0.25) is 0 Å². The largest absolute Gasteiger partial charge is 0.361 e. The molecule has 1 heterocycles. The lowest BCUT2D eigenvalue weighted by atomic mass is 10.1. The maximum atomic E-state index is 12.4. The number of rotatable bonds is 10. The number of halogens is 4. The Bertz CT molecular complexity index is 618. The molecule has 1 aromatic heterocycles. The maximum absolute atomic E-state index is 12.4. The summed E-state index contributed by atoms with van der Waals surface area (Å²) in [7, 11) is 0. The Morgan fingerprint density at radius 1 is 1.04 bits per heavy atom. The third-order valence-corrected chi connectivity index (χ3v) is 4.72. The number of nitrogens with one attached hydrogen (secondary N) is 1. The lowest BCUT2D eigenvalue weighted by Gasteiger charge is -2.22. The van der Waals surface area contributed by atoms with Crippen molar-refractivity contribution >= 4 is 22.7 Å². The fraction of sp³-hybridized carbons (Fsp3) is 0.529. The van der Waals surface area contributed by atoms with Gasteiger partial charge in [-0.1, -0.05) is 0 Å². The summed E-state index contributed by atoms with van der Waals surface area (Å²) in [5.41, 5.74) is 2.11. The van der Waals surface area contributed by atoms with Crippen LogP contribution in [-0.4, -0.2) is 48.6 Å². The molecule has 0 aliphatic heterocycles. The highest BCUT2D eigenvalue weighted by Crippen LogP contribution is 2.25. The average Bonchev–Trinajstić information content (AvgIpc) is 2.95. The monoisotopic (exact) mass is 362 g/mol.